The molecule has 35 nitrogen and oxygen atoms in total. The molecule has 3 saturated heterocycles. The highest BCUT2D eigenvalue weighted by molar-refractivity contribution is 9.11. The zero-order chi connectivity index (χ0) is 85.9. The third-order valence-corrected chi connectivity index (χ3v) is 16.8. The number of imide groups is 3. The summed E-state index contributed by atoms with van der Waals surface area (Å²) >= 11 is 15.5. The molecule has 10 heterocycles. The van der Waals surface area contributed by atoms with Crippen molar-refractivity contribution in [2.24, 2.45) is 10.8 Å². The van der Waals surface area contributed by atoms with Crippen LogP contribution in [-0.2, 0) is 64.3 Å². The molecule has 0 spiro atoms. The molecule has 10 rings (SSSR count). The molecule has 1 unspecified atom stereocenters. The van der Waals surface area contributed by atoms with Crippen molar-refractivity contribution in [3.63, 3.8) is 0 Å². The van der Waals surface area contributed by atoms with E-state index in [1.807, 2.05) is 0 Å². The van der Waals surface area contributed by atoms with E-state index in [1.165, 1.54) is 38.3 Å². The van der Waals surface area contributed by atoms with Crippen LogP contribution in [0.1, 0.15) is 167 Å². The lowest BCUT2D eigenvalue weighted by atomic mass is 9.96. The number of urea groups is 3. The number of nitrogens with one attached hydrogen (secondary N) is 7. The summed E-state index contributed by atoms with van der Waals surface area (Å²) in [5.74, 6) is -1.45. The molecule has 3 aliphatic heterocycles. The second-order valence-electron chi connectivity index (χ2n) is 29.6. The molecular weight excluding hydrogens is 1830 g/mol. The van der Waals surface area contributed by atoms with Gasteiger partial charge in [0.05, 0.1) is 42.1 Å². The number of furan rings is 6. The molecule has 12 amide bonds. The number of pyridine rings is 1. The third-order valence-electron chi connectivity index (χ3n) is 14.6. The number of hydrogen-bond acceptors (Lipinski definition) is 26. The van der Waals surface area contributed by atoms with Crippen LogP contribution >= 0.6 is 79.6 Å². The van der Waals surface area contributed by atoms with E-state index in [-0.39, 0.29) is 54.3 Å². The maximum Gasteiger partial charge on any atom is 0.407 e. The molecule has 0 saturated carbocycles. The Morgan fingerprint density at radius 2 is 0.868 bits per heavy atom. The molecule has 40 heteroatoms. The molecule has 3 fully saturated rings. The number of ether oxygens (including phenoxy) is 5. The van der Waals surface area contributed by atoms with E-state index >= 15 is 0 Å². The Balaban J connectivity index is 0.000000264. The van der Waals surface area contributed by atoms with E-state index in [9.17, 15) is 67.1 Å². The fourth-order valence-corrected chi connectivity index (χ4v) is 10.7. The summed E-state index contributed by atoms with van der Waals surface area (Å²) in [6.45, 7) is 26.1. The zero-order valence-corrected chi connectivity index (χ0v) is 72.9. The van der Waals surface area contributed by atoms with Gasteiger partial charge in [-0.2, -0.15) is 0 Å². The number of nitrogens with zero attached hydrogens (tertiary/aromatic N) is 3. The first-order valence-electron chi connectivity index (χ1n) is 34.1. The highest BCUT2D eigenvalue weighted by Gasteiger charge is 2.57. The number of ketones is 3. The van der Waals surface area contributed by atoms with Crippen molar-refractivity contribution in [3.8, 4) is 11.3 Å². The van der Waals surface area contributed by atoms with Crippen LogP contribution in [0.5, 0.6) is 0 Å². The molecule has 114 heavy (non-hydrogen) atoms. The Morgan fingerprint density at radius 1 is 0.474 bits per heavy atom. The van der Waals surface area contributed by atoms with Crippen LogP contribution in [0.4, 0.5) is 28.8 Å². The minimum atomic E-state index is -1.79. The van der Waals surface area contributed by atoms with Gasteiger partial charge in [0.25, 0.3) is 17.7 Å². The highest BCUT2D eigenvalue weighted by atomic mass is 79.9. The fourth-order valence-electron chi connectivity index (χ4n) is 9.18. The predicted octanol–water partition coefficient (Wildman–Crippen LogP) is 14.0. The lowest BCUT2D eigenvalue weighted by Crippen LogP contribution is -2.53. The maximum atomic E-state index is 13.5. The summed E-state index contributed by atoms with van der Waals surface area (Å²) in [4.78, 5) is 173. The lowest BCUT2D eigenvalue weighted by molar-refractivity contribution is -0.160. The van der Waals surface area contributed by atoms with Gasteiger partial charge in [-0.15, -0.1) is 0 Å². The van der Waals surface area contributed by atoms with Crippen molar-refractivity contribution in [1.82, 2.24) is 52.0 Å². The minimum Gasteiger partial charge on any atom is -0.461 e. The number of Topliss-reactive ketones (excluding diaryl/α,β-unsaturated/α-hetero) is 3. The van der Waals surface area contributed by atoms with Gasteiger partial charge in [0, 0.05) is 31.8 Å². The normalized spacial score (nSPS) is 17.1. The number of carbonyl (C=O) groups is 14. The van der Waals surface area contributed by atoms with Crippen molar-refractivity contribution >= 4 is 163 Å². The Labute approximate surface area is 696 Å². The van der Waals surface area contributed by atoms with Gasteiger partial charge in [0.1, 0.15) is 39.8 Å². The van der Waals surface area contributed by atoms with Gasteiger partial charge in [-0.3, -0.25) is 48.7 Å². The zero-order valence-electron chi connectivity index (χ0n) is 65.0. The number of amides is 12. The quantitative estimate of drug-likeness (QED) is 0.0138. The first-order chi connectivity index (χ1) is 52.7. The van der Waals surface area contributed by atoms with Crippen LogP contribution in [0.2, 0.25) is 0 Å². The Hall–Kier alpha value is -10.2. The van der Waals surface area contributed by atoms with Gasteiger partial charge < -0.3 is 82.1 Å². The number of carbonyl (C=O) groups excluding carboxylic acids is 14. The van der Waals surface area contributed by atoms with Gasteiger partial charge in [-0.1, -0.05) is 15.9 Å². The number of halogens is 5. The molecule has 0 aliphatic carbocycles. The lowest BCUT2D eigenvalue weighted by Gasteiger charge is -2.26. The van der Waals surface area contributed by atoms with Gasteiger partial charge in [-0.05, 0) is 253 Å². The third kappa shape index (κ3) is 27.5. The number of rotatable bonds is 18. The summed E-state index contributed by atoms with van der Waals surface area (Å²) in [7, 11) is 0. The van der Waals surface area contributed by atoms with Crippen molar-refractivity contribution in [2.75, 3.05) is 38.4 Å². The molecule has 3 atom stereocenters. The fraction of sp³-hybridized carbons (Fsp3) is 0.419. The number of alkyl halides is 1. The molecule has 0 aromatic carbocycles. The largest absolute Gasteiger partial charge is 0.461 e. The van der Waals surface area contributed by atoms with Gasteiger partial charge in [0.2, 0.25) is 5.78 Å². The van der Waals surface area contributed by atoms with E-state index < -0.39 is 124 Å². The van der Waals surface area contributed by atoms with Crippen LogP contribution in [0.3, 0.4) is 0 Å². The van der Waals surface area contributed by atoms with E-state index in [0.717, 1.165) is 9.80 Å². The average Bonchev–Trinajstić information content (AvgIpc) is 1.61. The van der Waals surface area contributed by atoms with Crippen LogP contribution in [-0.4, -0.2) is 153 Å². The van der Waals surface area contributed by atoms with Crippen molar-refractivity contribution in [1.29, 1.82) is 0 Å². The summed E-state index contributed by atoms with van der Waals surface area (Å²) in [6, 6.07) is 20.5. The maximum absolute atomic E-state index is 13.5. The van der Waals surface area contributed by atoms with Crippen LogP contribution in [0.25, 0.3) is 11.3 Å². The standard InChI is InChI=1S/C24H30N4O7.C19H26BrN3O7.C13H16BrN3O5.C6H4Br2O2.C6H5BrO2.C6H6O2/c1-22(2,3)19(30)33-14-28-18(29)24(27-20(28)31,13-26-21(32)35-23(4,5)6)17-10-9-16(34-17)15-8-7-11-25-12-15;1-17(2,3)14(25)28-10-23-13(24)19(22-15(23)26,11-7-8-12(20)29-11)9-21-16(27)30-18(4,5)6;1-12(2,3)22-11(20)15-6-13(7-4-5-8(14)21-7)9(18)16-10(19)17-13;7-3-4(9)5-1-2-6(8)10-5;1-4(8)5-2-3-6(7)9-5;1-5(7)6-3-2-4-8-6/h7-12H,13-14H2,1-6H3,(H,26,32)(H,27,31);7-8H,9-10H2,1-6H3,(H,21,27)(H,22,26);4-5H,6H2,1-3H3,(H,15,20)(H2,16,17,18,19);1-2H,3H2;2-3H,1H3;2-4H,1H3/t24-;19-;;;;/m00..../s1. The van der Waals surface area contributed by atoms with Gasteiger partial charge >= 0.3 is 48.3 Å². The topological polar surface area (TPSA) is 468 Å². The number of aromatic nitrogens is 1. The molecule has 7 N–H and O–H groups in total. The smallest absolute Gasteiger partial charge is 0.407 e. The second-order valence-corrected chi connectivity index (χ2v) is 33.3. The van der Waals surface area contributed by atoms with E-state index in [2.05, 4.69) is 122 Å². The average molecular weight is 1920 g/mol. The molecule has 0 radical (unpaired) electrons. The summed E-state index contributed by atoms with van der Waals surface area (Å²) in [5.41, 5.74) is -8.20. The first kappa shape index (κ1) is 94.4. The molecule has 0 bridgehead atoms. The number of hydrogen-bond donors (Lipinski definition) is 7. The minimum absolute atomic E-state index is 0.0324. The van der Waals surface area contributed by atoms with Crippen molar-refractivity contribution < 1.29 is 117 Å². The molecule has 7 aromatic heterocycles. The van der Waals surface area contributed by atoms with Gasteiger partial charge in [-0.25, -0.2) is 38.6 Å². The van der Waals surface area contributed by atoms with E-state index in [0.29, 0.717) is 52.6 Å². The Kier molecular flexibility index (Phi) is 32.9. The summed E-state index contributed by atoms with van der Waals surface area (Å²) in [6.07, 6.45) is 2.42. The van der Waals surface area contributed by atoms with Gasteiger partial charge in [0.15, 0.2) is 77.6 Å². The Morgan fingerprint density at radius 3 is 1.18 bits per heavy atom. The first-order valence-corrected chi connectivity index (χ1v) is 38.4. The van der Waals surface area contributed by atoms with Crippen LogP contribution < -0.4 is 37.2 Å². The Bertz CT molecular complexity index is 4610. The molecule has 618 valence electrons. The van der Waals surface area contributed by atoms with E-state index in [4.69, 9.17) is 50.2 Å². The van der Waals surface area contributed by atoms with E-state index in [1.54, 1.807) is 183 Å². The number of alkyl carbamates (subject to hydrolysis) is 3. The predicted molar refractivity (Wildman–Crippen MR) is 420 cm³/mol. The molecule has 3 aliphatic rings. The van der Waals surface area contributed by atoms with Crippen LogP contribution in [0, 0.1) is 10.8 Å². The number of esters is 2. The molecular formula is C74H87Br5N10O25. The molecule has 7 aromatic rings. The van der Waals surface area contributed by atoms with Crippen molar-refractivity contribution in [2.45, 2.75) is 151 Å². The summed E-state index contributed by atoms with van der Waals surface area (Å²) < 4.78 is 59.2. The SMILES string of the molecule is CC(=O)c1ccc(Br)o1.CC(=O)c1ccco1.CC(C)(C)OC(=O)NCC1(c2ccc(Br)o2)NC(=O)NC1=O.CC(C)(C)OC(=O)NC[C@@]1(c2ccc(-c3cccnc3)o2)NC(=O)N(COC(=O)C(C)(C)C)C1=O.CC(C)(C)OC(=O)NC[C@@]1(c2ccc(Br)o2)NC(=O)N(COC(=O)C(C)(C)C)C1=O.O=C(CBr)c1ccc(Br)o1. The monoisotopic (exact) mass is 1910 g/mol. The van der Waals surface area contributed by atoms with Crippen molar-refractivity contribution in [3.05, 3.63) is 157 Å². The second kappa shape index (κ2) is 39.7. The summed E-state index contributed by atoms with van der Waals surface area (Å²) in [5, 5.41) is 17.5. The highest BCUT2D eigenvalue weighted by Crippen LogP contribution is 2.36. The van der Waals surface area contributed by atoms with Crippen LogP contribution in [0.15, 0.2) is 149 Å².